The molecule has 0 aliphatic heterocycles. The lowest BCUT2D eigenvalue weighted by atomic mass is 10.4. The van der Waals surface area contributed by atoms with E-state index in [-0.39, 0.29) is 0 Å². The molecule has 0 saturated heterocycles. The molecule has 0 radical (unpaired) electrons. The summed E-state index contributed by atoms with van der Waals surface area (Å²) >= 11 is 1.32. The van der Waals surface area contributed by atoms with E-state index in [1.54, 1.807) is 6.92 Å². The first-order valence-corrected chi connectivity index (χ1v) is 5.69. The van der Waals surface area contributed by atoms with E-state index < -0.39 is 0 Å². The summed E-state index contributed by atoms with van der Waals surface area (Å²) in [5.74, 6) is 1.25. The summed E-state index contributed by atoms with van der Waals surface area (Å²) in [6.07, 6.45) is 1.83. The van der Waals surface area contributed by atoms with Crippen molar-refractivity contribution in [3.05, 3.63) is 5.82 Å². The minimum absolute atomic E-state index is 0.348. The fourth-order valence-electron chi connectivity index (χ4n) is 1.05. The Balaban J connectivity index is 3.33. The Labute approximate surface area is 98.3 Å². The smallest absolute Gasteiger partial charge is 0.247 e. The molecular weight excluding hydrogens is 228 g/mol. The quantitative estimate of drug-likeness (QED) is 0.631. The number of aliphatic imine (C=N–C) groups is 1. The van der Waals surface area contributed by atoms with Crippen LogP contribution in [0.15, 0.2) is 4.99 Å². The normalized spacial score (nSPS) is 11.4. The minimum atomic E-state index is 0.348. The molecule has 0 atom stereocenters. The second-order valence-electron chi connectivity index (χ2n) is 2.79. The molecule has 1 aromatic heterocycles. The van der Waals surface area contributed by atoms with Gasteiger partial charge in [0.15, 0.2) is 10.9 Å². The van der Waals surface area contributed by atoms with Crippen LogP contribution in [0, 0.1) is 6.92 Å². The molecule has 6 nitrogen and oxygen atoms in total. The second-order valence-corrected chi connectivity index (χ2v) is 3.62. The van der Waals surface area contributed by atoms with E-state index in [2.05, 4.69) is 15.0 Å². The van der Waals surface area contributed by atoms with Crippen molar-refractivity contribution >= 4 is 22.6 Å². The number of amidine groups is 1. The molecule has 2 N–H and O–H groups in total. The lowest BCUT2D eigenvalue weighted by Gasteiger charge is -2.08. The van der Waals surface area contributed by atoms with Gasteiger partial charge in [0.2, 0.25) is 11.8 Å². The minimum Gasteiger partial charge on any atom is -0.479 e. The van der Waals surface area contributed by atoms with Crippen molar-refractivity contribution in [2.75, 3.05) is 20.5 Å². The molecule has 0 saturated carbocycles. The Hall–Kier alpha value is -1.50. The summed E-state index contributed by atoms with van der Waals surface area (Å²) < 4.78 is 10.2. The van der Waals surface area contributed by atoms with Crippen molar-refractivity contribution in [3.63, 3.8) is 0 Å². The van der Waals surface area contributed by atoms with Crippen LogP contribution in [-0.2, 0) is 0 Å². The van der Waals surface area contributed by atoms with E-state index in [4.69, 9.17) is 15.2 Å². The van der Waals surface area contributed by atoms with Gasteiger partial charge in [-0.1, -0.05) is 11.8 Å². The number of aryl methyl sites for hydroxylation is 1. The van der Waals surface area contributed by atoms with Crippen molar-refractivity contribution in [1.29, 1.82) is 0 Å². The molecule has 0 aliphatic rings. The predicted octanol–water partition coefficient (Wildman–Crippen LogP) is 1.11. The third kappa shape index (κ3) is 2.75. The fourth-order valence-corrected chi connectivity index (χ4v) is 1.23. The summed E-state index contributed by atoms with van der Waals surface area (Å²) in [6.45, 7) is 1.75. The maximum Gasteiger partial charge on any atom is 0.247 e. The number of thioether (sulfide) groups is 1. The Morgan fingerprint density at radius 2 is 1.75 bits per heavy atom. The molecule has 0 spiro atoms. The van der Waals surface area contributed by atoms with E-state index in [9.17, 15) is 0 Å². The van der Waals surface area contributed by atoms with E-state index in [1.807, 2.05) is 6.26 Å². The highest BCUT2D eigenvalue weighted by atomic mass is 32.2. The highest BCUT2D eigenvalue weighted by molar-refractivity contribution is 8.13. The molecule has 7 heteroatoms. The van der Waals surface area contributed by atoms with Crippen LogP contribution in [0.5, 0.6) is 11.8 Å². The fraction of sp³-hybridized carbons (Fsp3) is 0.444. The second kappa shape index (κ2) is 5.55. The highest BCUT2D eigenvalue weighted by Crippen LogP contribution is 2.34. The predicted molar refractivity (Wildman–Crippen MR) is 64.7 cm³/mol. The topological polar surface area (TPSA) is 82.6 Å². The maximum atomic E-state index is 5.64. The van der Waals surface area contributed by atoms with Crippen molar-refractivity contribution < 1.29 is 9.47 Å². The van der Waals surface area contributed by atoms with Crippen LogP contribution in [0.4, 0.5) is 5.69 Å². The van der Waals surface area contributed by atoms with Gasteiger partial charge < -0.3 is 15.2 Å². The molecule has 1 heterocycles. The Kier molecular flexibility index (Phi) is 4.36. The van der Waals surface area contributed by atoms with Crippen molar-refractivity contribution in [2.45, 2.75) is 6.92 Å². The molecule has 0 unspecified atom stereocenters. The van der Waals surface area contributed by atoms with Crippen LogP contribution < -0.4 is 15.2 Å². The molecule has 0 aliphatic carbocycles. The van der Waals surface area contributed by atoms with Gasteiger partial charge in [-0.25, -0.2) is 4.99 Å². The van der Waals surface area contributed by atoms with E-state index >= 15 is 0 Å². The van der Waals surface area contributed by atoms with Crippen LogP contribution in [0.3, 0.4) is 0 Å². The van der Waals surface area contributed by atoms with Gasteiger partial charge in [0.05, 0.1) is 14.2 Å². The number of ether oxygens (including phenoxy) is 2. The zero-order chi connectivity index (χ0) is 12.1. The van der Waals surface area contributed by atoms with E-state index in [0.29, 0.717) is 28.4 Å². The summed E-state index contributed by atoms with van der Waals surface area (Å²) in [7, 11) is 3.02. The number of rotatable bonds is 3. The highest BCUT2D eigenvalue weighted by Gasteiger charge is 2.14. The number of nitrogens with two attached hydrogens (primary N) is 1. The molecule has 1 rings (SSSR count). The third-order valence-corrected chi connectivity index (χ3v) is 2.26. The molecule has 16 heavy (non-hydrogen) atoms. The van der Waals surface area contributed by atoms with Gasteiger partial charge in [0.25, 0.3) is 0 Å². The standard InChI is InChI=1S/C9H14N4O2S/c1-5-11-7(14-2)6(8(12-5)15-3)13-9(10)16-4/h1-4H3,(H2,10,13). The Bertz CT molecular complexity index is 383. The molecule has 1 aromatic rings. The van der Waals surface area contributed by atoms with Crippen molar-refractivity contribution in [1.82, 2.24) is 9.97 Å². The number of aromatic nitrogens is 2. The number of methoxy groups -OCH3 is 2. The average Bonchev–Trinajstić information content (AvgIpc) is 2.30. The van der Waals surface area contributed by atoms with Gasteiger partial charge in [-0.3, -0.25) is 0 Å². The molecule has 0 amide bonds. The number of nitrogens with zero attached hydrogens (tertiary/aromatic N) is 3. The Morgan fingerprint density at radius 3 is 2.12 bits per heavy atom. The first-order valence-electron chi connectivity index (χ1n) is 4.47. The number of hydrogen-bond acceptors (Lipinski definition) is 6. The monoisotopic (exact) mass is 242 g/mol. The Morgan fingerprint density at radius 1 is 1.25 bits per heavy atom. The van der Waals surface area contributed by atoms with E-state index in [1.165, 1.54) is 26.0 Å². The van der Waals surface area contributed by atoms with Gasteiger partial charge in [-0.2, -0.15) is 9.97 Å². The largest absolute Gasteiger partial charge is 0.479 e. The molecule has 0 fully saturated rings. The van der Waals surface area contributed by atoms with Crippen LogP contribution >= 0.6 is 11.8 Å². The van der Waals surface area contributed by atoms with Crippen LogP contribution in [0.2, 0.25) is 0 Å². The average molecular weight is 242 g/mol. The van der Waals surface area contributed by atoms with Gasteiger partial charge in [-0.05, 0) is 13.2 Å². The lowest BCUT2D eigenvalue weighted by Crippen LogP contribution is -2.06. The van der Waals surface area contributed by atoms with Crippen LogP contribution in [0.1, 0.15) is 5.82 Å². The maximum absolute atomic E-state index is 5.64. The molecule has 88 valence electrons. The van der Waals surface area contributed by atoms with Gasteiger partial charge >= 0.3 is 0 Å². The number of hydrogen-bond donors (Lipinski definition) is 1. The van der Waals surface area contributed by atoms with Gasteiger partial charge in [-0.15, -0.1) is 0 Å². The summed E-state index contributed by atoms with van der Waals surface area (Å²) in [5.41, 5.74) is 6.04. The lowest BCUT2D eigenvalue weighted by molar-refractivity contribution is 0.372. The first kappa shape index (κ1) is 12.6. The summed E-state index contributed by atoms with van der Waals surface area (Å²) in [5, 5.41) is 0.393. The van der Waals surface area contributed by atoms with Crippen molar-refractivity contribution in [3.8, 4) is 11.8 Å². The summed E-state index contributed by atoms with van der Waals surface area (Å²) in [6, 6.07) is 0. The molecule has 0 aromatic carbocycles. The zero-order valence-electron chi connectivity index (χ0n) is 9.64. The zero-order valence-corrected chi connectivity index (χ0v) is 10.5. The van der Waals surface area contributed by atoms with Gasteiger partial charge in [0.1, 0.15) is 5.82 Å². The van der Waals surface area contributed by atoms with Gasteiger partial charge in [0, 0.05) is 0 Å². The third-order valence-electron chi connectivity index (χ3n) is 1.75. The van der Waals surface area contributed by atoms with Crippen LogP contribution in [-0.4, -0.2) is 35.6 Å². The van der Waals surface area contributed by atoms with Crippen LogP contribution in [0.25, 0.3) is 0 Å². The molecular formula is C9H14N4O2S. The summed E-state index contributed by atoms with van der Waals surface area (Å²) in [4.78, 5) is 12.3. The SMILES string of the molecule is COc1nc(C)nc(OC)c1N=C(N)SC. The van der Waals surface area contributed by atoms with Crippen molar-refractivity contribution in [2.24, 2.45) is 10.7 Å². The van der Waals surface area contributed by atoms with E-state index in [0.717, 1.165) is 0 Å². The molecule has 0 bridgehead atoms. The first-order chi connectivity index (χ1) is 7.62.